The van der Waals surface area contributed by atoms with Crippen LogP contribution >= 0.6 is 0 Å². The lowest BCUT2D eigenvalue weighted by molar-refractivity contribution is 0.0958. The van der Waals surface area contributed by atoms with Crippen molar-refractivity contribution >= 4 is 16.9 Å². The zero-order chi connectivity index (χ0) is 13.4. The van der Waals surface area contributed by atoms with Crippen molar-refractivity contribution < 1.29 is 4.79 Å². The second-order valence-electron chi connectivity index (χ2n) is 4.09. The van der Waals surface area contributed by atoms with Gasteiger partial charge in [-0.15, -0.1) is 5.10 Å². The van der Waals surface area contributed by atoms with Gasteiger partial charge in [-0.25, -0.2) is 4.98 Å². The minimum atomic E-state index is -0.273. The van der Waals surface area contributed by atoms with E-state index in [1.54, 1.807) is 13.2 Å². The van der Waals surface area contributed by atoms with Crippen molar-refractivity contribution in [3.05, 3.63) is 36.2 Å². The molecule has 2 aromatic heterocycles. The molecular weight excluding hydrogens is 244 g/mol. The average Bonchev–Trinajstić information content (AvgIpc) is 3.04. The van der Waals surface area contributed by atoms with Crippen LogP contribution in [0.25, 0.3) is 17.0 Å². The van der Waals surface area contributed by atoms with Crippen LogP contribution in [-0.4, -0.2) is 37.5 Å². The SMILES string of the molecule is CNC(=O)c1cn(-c2nc3ccccc3n2C)nn1. The Kier molecular flexibility index (Phi) is 2.52. The molecule has 0 unspecified atom stereocenters. The number of rotatable bonds is 2. The topological polar surface area (TPSA) is 77.6 Å². The number of imidazole rings is 1. The number of aromatic nitrogens is 5. The summed E-state index contributed by atoms with van der Waals surface area (Å²) in [4.78, 5) is 15.9. The number of fused-ring (bicyclic) bond motifs is 1. The van der Waals surface area contributed by atoms with E-state index in [1.807, 2.05) is 35.9 Å². The normalized spacial score (nSPS) is 10.8. The molecule has 0 radical (unpaired) electrons. The van der Waals surface area contributed by atoms with E-state index in [9.17, 15) is 4.79 Å². The summed E-state index contributed by atoms with van der Waals surface area (Å²) in [5.41, 5.74) is 2.13. The van der Waals surface area contributed by atoms with Gasteiger partial charge in [-0.1, -0.05) is 17.3 Å². The van der Waals surface area contributed by atoms with Crippen molar-refractivity contribution in [2.75, 3.05) is 7.05 Å². The number of aryl methyl sites for hydroxylation is 1. The Morgan fingerprint density at radius 1 is 1.32 bits per heavy atom. The van der Waals surface area contributed by atoms with Crippen LogP contribution in [0.3, 0.4) is 0 Å². The van der Waals surface area contributed by atoms with Crippen LogP contribution in [0.5, 0.6) is 0 Å². The number of hydrogen-bond acceptors (Lipinski definition) is 4. The van der Waals surface area contributed by atoms with Crippen molar-refractivity contribution in [1.82, 2.24) is 29.9 Å². The predicted octanol–water partition coefficient (Wildman–Crippen LogP) is 0.514. The highest BCUT2D eigenvalue weighted by molar-refractivity contribution is 5.91. The second-order valence-corrected chi connectivity index (χ2v) is 4.09. The first-order valence-electron chi connectivity index (χ1n) is 5.77. The third kappa shape index (κ3) is 1.75. The van der Waals surface area contributed by atoms with Crippen molar-refractivity contribution in [2.24, 2.45) is 7.05 Å². The van der Waals surface area contributed by atoms with E-state index in [0.717, 1.165) is 11.0 Å². The average molecular weight is 256 g/mol. The molecule has 96 valence electrons. The van der Waals surface area contributed by atoms with E-state index in [-0.39, 0.29) is 11.6 Å². The largest absolute Gasteiger partial charge is 0.354 e. The molecule has 7 nitrogen and oxygen atoms in total. The number of benzene rings is 1. The van der Waals surface area contributed by atoms with Crippen LogP contribution in [-0.2, 0) is 7.05 Å². The summed E-state index contributed by atoms with van der Waals surface area (Å²) >= 11 is 0. The first kappa shape index (κ1) is 11.4. The maximum atomic E-state index is 11.5. The van der Waals surface area contributed by atoms with Crippen LogP contribution in [0.2, 0.25) is 0 Å². The molecule has 0 aliphatic rings. The molecular formula is C12H12N6O. The molecule has 7 heteroatoms. The monoisotopic (exact) mass is 256 g/mol. The Morgan fingerprint density at radius 3 is 2.84 bits per heavy atom. The number of para-hydroxylation sites is 2. The van der Waals surface area contributed by atoms with E-state index in [4.69, 9.17) is 0 Å². The van der Waals surface area contributed by atoms with Crippen LogP contribution in [0, 0.1) is 0 Å². The molecule has 1 N–H and O–H groups in total. The number of carbonyl (C=O) groups excluding carboxylic acids is 1. The van der Waals surface area contributed by atoms with Gasteiger partial charge < -0.3 is 9.88 Å². The van der Waals surface area contributed by atoms with E-state index < -0.39 is 0 Å². The molecule has 0 fully saturated rings. The lowest BCUT2D eigenvalue weighted by atomic mass is 10.3. The van der Waals surface area contributed by atoms with Gasteiger partial charge in [0.25, 0.3) is 5.91 Å². The number of hydrogen-bond donors (Lipinski definition) is 1. The number of carbonyl (C=O) groups is 1. The molecule has 1 aromatic carbocycles. The molecule has 0 aliphatic heterocycles. The molecule has 0 spiro atoms. The standard InChI is InChI=1S/C12H12N6O/c1-13-11(19)9-7-18(16-15-9)12-14-8-5-3-4-6-10(8)17(12)2/h3-7H,1-2H3,(H,13,19). The lowest BCUT2D eigenvalue weighted by Gasteiger charge is -1.99. The van der Waals surface area contributed by atoms with Crippen molar-refractivity contribution in [1.29, 1.82) is 0 Å². The smallest absolute Gasteiger partial charge is 0.273 e. The Hall–Kier alpha value is -2.70. The maximum Gasteiger partial charge on any atom is 0.273 e. The first-order chi connectivity index (χ1) is 9.20. The zero-order valence-electron chi connectivity index (χ0n) is 10.5. The molecule has 3 rings (SSSR count). The number of amides is 1. The third-order valence-corrected chi connectivity index (χ3v) is 2.92. The van der Waals surface area contributed by atoms with Crippen molar-refractivity contribution in [3.8, 4) is 5.95 Å². The summed E-state index contributed by atoms with van der Waals surface area (Å²) in [6.45, 7) is 0. The fourth-order valence-electron chi connectivity index (χ4n) is 1.93. The summed E-state index contributed by atoms with van der Waals surface area (Å²) in [6.07, 6.45) is 1.56. The highest BCUT2D eigenvalue weighted by Crippen LogP contribution is 2.16. The van der Waals surface area contributed by atoms with Crippen LogP contribution in [0.15, 0.2) is 30.5 Å². The predicted molar refractivity (Wildman–Crippen MR) is 69.0 cm³/mol. The highest BCUT2D eigenvalue weighted by Gasteiger charge is 2.14. The Balaban J connectivity index is 2.11. The second kappa shape index (κ2) is 4.20. The summed E-state index contributed by atoms with van der Waals surface area (Å²) in [6, 6.07) is 7.78. The van der Waals surface area contributed by atoms with E-state index in [0.29, 0.717) is 5.95 Å². The summed E-state index contributed by atoms with van der Waals surface area (Å²) < 4.78 is 3.39. The lowest BCUT2D eigenvalue weighted by Crippen LogP contribution is -2.18. The Morgan fingerprint density at radius 2 is 2.11 bits per heavy atom. The fourth-order valence-corrected chi connectivity index (χ4v) is 1.93. The summed E-state index contributed by atoms with van der Waals surface area (Å²) in [5, 5.41) is 10.3. The molecule has 3 aromatic rings. The Bertz CT molecular complexity index is 757. The molecule has 0 saturated heterocycles. The van der Waals surface area contributed by atoms with Gasteiger partial charge in [0.2, 0.25) is 5.95 Å². The maximum absolute atomic E-state index is 11.5. The zero-order valence-corrected chi connectivity index (χ0v) is 10.5. The minimum absolute atomic E-state index is 0.259. The van der Waals surface area contributed by atoms with E-state index in [1.165, 1.54) is 4.68 Å². The van der Waals surface area contributed by atoms with Crippen LogP contribution in [0.1, 0.15) is 10.5 Å². The van der Waals surface area contributed by atoms with Gasteiger partial charge in [0.15, 0.2) is 5.69 Å². The van der Waals surface area contributed by atoms with Gasteiger partial charge in [-0.05, 0) is 12.1 Å². The minimum Gasteiger partial charge on any atom is -0.354 e. The van der Waals surface area contributed by atoms with Crippen LogP contribution in [0.4, 0.5) is 0 Å². The van der Waals surface area contributed by atoms with Crippen LogP contribution < -0.4 is 5.32 Å². The number of nitrogens with zero attached hydrogens (tertiary/aromatic N) is 5. The fraction of sp³-hybridized carbons (Fsp3) is 0.167. The molecule has 0 bridgehead atoms. The summed E-state index contributed by atoms with van der Waals surface area (Å²) in [5.74, 6) is 0.342. The first-order valence-corrected chi connectivity index (χ1v) is 5.77. The van der Waals surface area contributed by atoms with Gasteiger partial charge in [0, 0.05) is 14.1 Å². The summed E-state index contributed by atoms with van der Waals surface area (Å²) in [7, 11) is 3.45. The van der Waals surface area contributed by atoms with E-state index >= 15 is 0 Å². The van der Waals surface area contributed by atoms with Gasteiger partial charge in [0.05, 0.1) is 17.2 Å². The van der Waals surface area contributed by atoms with Crippen molar-refractivity contribution in [3.63, 3.8) is 0 Å². The molecule has 1 amide bonds. The van der Waals surface area contributed by atoms with Gasteiger partial charge in [-0.2, -0.15) is 4.68 Å². The molecule has 0 saturated carbocycles. The quantitative estimate of drug-likeness (QED) is 0.724. The third-order valence-electron chi connectivity index (χ3n) is 2.92. The molecule has 0 aliphatic carbocycles. The Labute approximate surface area is 108 Å². The van der Waals surface area contributed by atoms with Gasteiger partial charge in [0.1, 0.15) is 0 Å². The van der Waals surface area contributed by atoms with E-state index in [2.05, 4.69) is 20.6 Å². The molecule has 2 heterocycles. The van der Waals surface area contributed by atoms with Gasteiger partial charge in [-0.3, -0.25) is 4.79 Å². The molecule has 0 atom stereocenters. The van der Waals surface area contributed by atoms with Crippen molar-refractivity contribution in [2.45, 2.75) is 0 Å². The molecule has 19 heavy (non-hydrogen) atoms. The number of nitrogens with one attached hydrogen (secondary N) is 1. The van der Waals surface area contributed by atoms with Gasteiger partial charge >= 0.3 is 0 Å². The highest BCUT2D eigenvalue weighted by atomic mass is 16.1.